The van der Waals surface area contributed by atoms with Gasteiger partial charge in [0, 0.05) is 17.6 Å². The number of hydrogen-bond donors (Lipinski definition) is 1. The van der Waals surface area contributed by atoms with Gasteiger partial charge in [0.2, 0.25) is 0 Å². The number of nitrogens with two attached hydrogens (primary N) is 1. The molecule has 1 aromatic carbocycles. The second kappa shape index (κ2) is 7.48. The largest absolute Gasteiger partial charge is 0.468 e. The normalized spacial score (nSPS) is 12.8. The molecule has 1 unspecified atom stereocenters. The summed E-state index contributed by atoms with van der Waals surface area (Å²) in [7, 11) is 0. The summed E-state index contributed by atoms with van der Waals surface area (Å²) in [5.41, 5.74) is 7.32. The van der Waals surface area contributed by atoms with Crippen LogP contribution in [0.3, 0.4) is 0 Å². The molecule has 1 aromatic heterocycles. The van der Waals surface area contributed by atoms with Crippen molar-refractivity contribution in [3.63, 3.8) is 0 Å². The van der Waals surface area contributed by atoms with Gasteiger partial charge in [0.25, 0.3) is 0 Å². The van der Waals surface area contributed by atoms with E-state index in [9.17, 15) is 0 Å². The smallest absolute Gasteiger partial charge is 0.117 e. The molecule has 0 spiro atoms. The molecule has 0 saturated heterocycles. The molecule has 2 N–H and O–H groups in total. The molecule has 0 bridgehead atoms. The molecule has 0 fully saturated rings. The van der Waals surface area contributed by atoms with E-state index in [0.29, 0.717) is 0 Å². The van der Waals surface area contributed by atoms with Crippen molar-refractivity contribution < 1.29 is 4.42 Å². The number of nitrogens with zero attached hydrogens (tertiary/aromatic N) is 1. The summed E-state index contributed by atoms with van der Waals surface area (Å²) < 4.78 is 5.38. The van der Waals surface area contributed by atoms with Gasteiger partial charge in [-0.2, -0.15) is 0 Å². The molecule has 0 aliphatic carbocycles. The lowest BCUT2D eigenvalue weighted by Crippen LogP contribution is -2.26. The average molecular weight is 293 g/mol. The maximum absolute atomic E-state index is 6.23. The highest BCUT2D eigenvalue weighted by Gasteiger charge is 2.10. The molecular weight excluding hydrogens is 272 g/mol. The summed E-state index contributed by atoms with van der Waals surface area (Å²) >= 11 is 6.00. The van der Waals surface area contributed by atoms with Crippen LogP contribution in [0.1, 0.15) is 30.7 Å². The van der Waals surface area contributed by atoms with Crippen molar-refractivity contribution in [3.05, 3.63) is 59.0 Å². The predicted molar refractivity (Wildman–Crippen MR) is 82.7 cm³/mol. The molecule has 1 heterocycles. The van der Waals surface area contributed by atoms with Crippen molar-refractivity contribution in [2.75, 3.05) is 13.1 Å². The van der Waals surface area contributed by atoms with Crippen molar-refractivity contribution in [1.29, 1.82) is 0 Å². The fraction of sp³-hybridized carbons (Fsp3) is 0.375. The lowest BCUT2D eigenvalue weighted by atomic mass is 10.0. The third-order valence-electron chi connectivity index (χ3n) is 3.44. The van der Waals surface area contributed by atoms with Gasteiger partial charge in [-0.1, -0.05) is 30.7 Å². The number of benzene rings is 1. The van der Waals surface area contributed by atoms with Crippen molar-refractivity contribution >= 4 is 11.6 Å². The minimum Gasteiger partial charge on any atom is -0.468 e. The van der Waals surface area contributed by atoms with Crippen LogP contribution in [0.25, 0.3) is 0 Å². The zero-order valence-corrected chi connectivity index (χ0v) is 12.5. The molecule has 0 radical (unpaired) electrons. The van der Waals surface area contributed by atoms with Gasteiger partial charge >= 0.3 is 0 Å². The van der Waals surface area contributed by atoms with Crippen LogP contribution < -0.4 is 5.73 Å². The summed E-state index contributed by atoms with van der Waals surface area (Å²) in [4.78, 5) is 2.32. The highest BCUT2D eigenvalue weighted by atomic mass is 35.5. The van der Waals surface area contributed by atoms with E-state index >= 15 is 0 Å². The first-order valence-electron chi connectivity index (χ1n) is 6.95. The van der Waals surface area contributed by atoms with Gasteiger partial charge in [-0.15, -0.1) is 0 Å². The molecule has 0 aliphatic heterocycles. The van der Waals surface area contributed by atoms with E-state index in [4.69, 9.17) is 21.8 Å². The van der Waals surface area contributed by atoms with Crippen molar-refractivity contribution in [3.8, 4) is 0 Å². The maximum atomic E-state index is 6.23. The minimum atomic E-state index is 0.0133. The monoisotopic (exact) mass is 292 g/mol. The molecule has 1 atom stereocenters. The van der Waals surface area contributed by atoms with E-state index < -0.39 is 0 Å². The summed E-state index contributed by atoms with van der Waals surface area (Å²) in [6, 6.07) is 11.7. The van der Waals surface area contributed by atoms with Crippen molar-refractivity contribution in [2.45, 2.75) is 25.9 Å². The van der Waals surface area contributed by atoms with Gasteiger partial charge in [-0.3, -0.25) is 4.90 Å². The number of furan rings is 1. The Kier molecular flexibility index (Phi) is 5.65. The molecule has 4 heteroatoms. The lowest BCUT2D eigenvalue weighted by Gasteiger charge is -2.21. The third kappa shape index (κ3) is 4.37. The highest BCUT2D eigenvalue weighted by molar-refractivity contribution is 6.30. The quantitative estimate of drug-likeness (QED) is 0.843. The van der Waals surface area contributed by atoms with Crippen LogP contribution in [-0.2, 0) is 6.54 Å². The second-order valence-electron chi connectivity index (χ2n) is 4.90. The third-order valence-corrected chi connectivity index (χ3v) is 3.68. The van der Waals surface area contributed by atoms with Crippen LogP contribution >= 0.6 is 11.6 Å². The van der Waals surface area contributed by atoms with Gasteiger partial charge in [0.15, 0.2) is 0 Å². The van der Waals surface area contributed by atoms with E-state index in [-0.39, 0.29) is 6.04 Å². The van der Waals surface area contributed by atoms with Gasteiger partial charge < -0.3 is 10.2 Å². The Hall–Kier alpha value is -1.29. The second-order valence-corrected chi connectivity index (χ2v) is 5.33. The number of rotatable bonds is 7. The zero-order chi connectivity index (χ0) is 14.4. The Labute approximate surface area is 125 Å². The topological polar surface area (TPSA) is 42.4 Å². The van der Waals surface area contributed by atoms with Gasteiger partial charge in [-0.25, -0.2) is 0 Å². The predicted octanol–water partition coefficient (Wildman–Crippen LogP) is 3.85. The average Bonchev–Trinajstić information content (AvgIpc) is 2.96. The fourth-order valence-corrected chi connectivity index (χ4v) is 2.40. The summed E-state index contributed by atoms with van der Waals surface area (Å²) in [5, 5.41) is 0.737. The molecule has 0 amide bonds. The minimum absolute atomic E-state index is 0.0133. The van der Waals surface area contributed by atoms with Gasteiger partial charge in [0.1, 0.15) is 5.76 Å². The van der Waals surface area contributed by atoms with Crippen LogP contribution in [0.5, 0.6) is 0 Å². The summed E-state index contributed by atoms with van der Waals surface area (Å²) in [6.45, 7) is 4.88. The standard InChI is InChI=1S/C16H21ClN2O/c1-2-19(12-15-7-4-10-20-15)9-8-16(18)13-5-3-6-14(17)11-13/h3-7,10-11,16H,2,8-9,12,18H2,1H3. The van der Waals surface area contributed by atoms with Crippen LogP contribution in [0, 0.1) is 0 Å². The fourth-order valence-electron chi connectivity index (χ4n) is 2.20. The molecule has 2 rings (SSSR count). The first-order chi connectivity index (χ1) is 9.69. The Balaban J connectivity index is 1.86. The van der Waals surface area contributed by atoms with E-state index in [0.717, 1.165) is 42.4 Å². The zero-order valence-electron chi connectivity index (χ0n) is 11.8. The number of hydrogen-bond acceptors (Lipinski definition) is 3. The Bertz CT molecular complexity index is 513. The highest BCUT2D eigenvalue weighted by Crippen LogP contribution is 2.19. The van der Waals surface area contributed by atoms with Gasteiger partial charge in [-0.05, 0) is 42.8 Å². The van der Waals surface area contributed by atoms with Crippen LogP contribution in [0.4, 0.5) is 0 Å². The Morgan fingerprint density at radius 3 is 2.80 bits per heavy atom. The van der Waals surface area contributed by atoms with Crippen molar-refractivity contribution in [2.24, 2.45) is 5.73 Å². The molecule has 3 nitrogen and oxygen atoms in total. The molecule has 0 aliphatic rings. The lowest BCUT2D eigenvalue weighted by molar-refractivity contribution is 0.246. The van der Waals surface area contributed by atoms with E-state index in [2.05, 4.69) is 11.8 Å². The summed E-state index contributed by atoms with van der Waals surface area (Å²) in [6.07, 6.45) is 2.61. The molecule has 20 heavy (non-hydrogen) atoms. The first-order valence-corrected chi connectivity index (χ1v) is 7.32. The van der Waals surface area contributed by atoms with Gasteiger partial charge in [0.05, 0.1) is 12.8 Å². The molecule has 2 aromatic rings. The van der Waals surface area contributed by atoms with Crippen LogP contribution in [0.15, 0.2) is 47.1 Å². The molecule has 0 saturated carbocycles. The molecular formula is C16H21ClN2O. The van der Waals surface area contributed by atoms with Crippen LogP contribution in [0.2, 0.25) is 5.02 Å². The van der Waals surface area contributed by atoms with Crippen LogP contribution in [-0.4, -0.2) is 18.0 Å². The maximum Gasteiger partial charge on any atom is 0.117 e. The van der Waals surface area contributed by atoms with Crippen molar-refractivity contribution in [1.82, 2.24) is 4.90 Å². The van der Waals surface area contributed by atoms with E-state index in [1.54, 1.807) is 6.26 Å². The SMILES string of the molecule is CCN(CCC(N)c1cccc(Cl)c1)Cc1ccco1. The Morgan fingerprint density at radius 1 is 1.30 bits per heavy atom. The number of halogens is 1. The molecule has 108 valence electrons. The van der Waals surface area contributed by atoms with E-state index in [1.165, 1.54) is 0 Å². The first kappa shape index (κ1) is 15.1. The summed E-state index contributed by atoms with van der Waals surface area (Å²) in [5.74, 6) is 0.989. The van der Waals surface area contributed by atoms with E-state index in [1.807, 2.05) is 36.4 Å². The Morgan fingerprint density at radius 2 is 2.15 bits per heavy atom.